The zero-order valence-corrected chi connectivity index (χ0v) is 14.7. The monoisotopic (exact) mass is 357 g/mol. The van der Waals surface area contributed by atoms with Crippen LogP contribution in [0.25, 0.3) is 0 Å². The number of aryl methyl sites for hydroxylation is 1. The van der Waals surface area contributed by atoms with E-state index < -0.39 is 0 Å². The number of nitrogens with one attached hydrogen (secondary N) is 1. The topological polar surface area (TPSA) is 85.8 Å². The smallest absolute Gasteiger partial charge is 0.230 e. The maximum absolute atomic E-state index is 12.0. The van der Waals surface area contributed by atoms with Crippen LogP contribution in [0.3, 0.4) is 0 Å². The van der Waals surface area contributed by atoms with Gasteiger partial charge in [-0.2, -0.15) is 0 Å². The number of carbonyl (C=O) groups excluding carboxylic acids is 1. The van der Waals surface area contributed by atoms with E-state index in [1.807, 2.05) is 24.3 Å². The molecular weight excluding hydrogens is 338 g/mol. The molecule has 8 heteroatoms. The highest BCUT2D eigenvalue weighted by Crippen LogP contribution is 2.15. The molecule has 25 heavy (non-hydrogen) atoms. The van der Waals surface area contributed by atoms with Crippen molar-refractivity contribution < 1.29 is 9.21 Å². The molecule has 3 rings (SSSR count). The molecule has 0 aliphatic carbocycles. The van der Waals surface area contributed by atoms with Crippen LogP contribution in [0.4, 0.5) is 0 Å². The number of aromatic nitrogens is 4. The van der Waals surface area contributed by atoms with Gasteiger partial charge in [0.2, 0.25) is 11.1 Å². The first-order chi connectivity index (χ1) is 12.2. The molecule has 1 aromatic carbocycles. The van der Waals surface area contributed by atoms with Gasteiger partial charge in [-0.05, 0) is 47.0 Å². The number of furan rings is 1. The lowest BCUT2D eigenvalue weighted by Crippen LogP contribution is -2.27. The summed E-state index contributed by atoms with van der Waals surface area (Å²) in [5.74, 6) is 0.995. The number of nitrogens with zero attached hydrogens (tertiary/aromatic N) is 4. The van der Waals surface area contributed by atoms with Crippen LogP contribution < -0.4 is 5.32 Å². The summed E-state index contributed by atoms with van der Waals surface area (Å²) in [6, 6.07) is 11.9. The molecule has 0 atom stereocenters. The zero-order valence-electron chi connectivity index (χ0n) is 13.9. The maximum atomic E-state index is 12.0. The Morgan fingerprint density at radius 3 is 2.96 bits per heavy atom. The number of hydrogen-bond donors (Lipinski definition) is 1. The molecular formula is C17H19N5O2S. The maximum Gasteiger partial charge on any atom is 0.230 e. The number of benzene rings is 1. The summed E-state index contributed by atoms with van der Waals surface area (Å²) in [6.45, 7) is 3.13. The first kappa shape index (κ1) is 17.2. The Balaban J connectivity index is 1.43. The predicted molar refractivity (Wildman–Crippen MR) is 94.2 cm³/mol. The molecule has 0 saturated carbocycles. The molecule has 2 aromatic heterocycles. The van der Waals surface area contributed by atoms with Crippen molar-refractivity contribution in [3.63, 3.8) is 0 Å². The number of amides is 1. The summed E-state index contributed by atoms with van der Waals surface area (Å²) in [5, 5.41) is 15.1. The quantitative estimate of drug-likeness (QED) is 0.621. The van der Waals surface area contributed by atoms with E-state index in [1.165, 1.54) is 22.9 Å². The van der Waals surface area contributed by atoms with Gasteiger partial charge in [0.1, 0.15) is 12.3 Å². The van der Waals surface area contributed by atoms with Crippen LogP contribution in [0.15, 0.2) is 52.2 Å². The van der Waals surface area contributed by atoms with Gasteiger partial charge in [0, 0.05) is 6.54 Å². The van der Waals surface area contributed by atoms with Crippen LogP contribution in [-0.2, 0) is 17.8 Å². The predicted octanol–water partition coefficient (Wildman–Crippen LogP) is 2.07. The Labute approximate surface area is 149 Å². The minimum atomic E-state index is -0.0360. The van der Waals surface area contributed by atoms with Crippen molar-refractivity contribution >= 4 is 17.7 Å². The normalized spacial score (nSPS) is 10.8. The minimum Gasteiger partial charge on any atom is -0.467 e. The largest absolute Gasteiger partial charge is 0.467 e. The summed E-state index contributed by atoms with van der Waals surface area (Å²) >= 11 is 1.31. The zero-order chi connectivity index (χ0) is 17.5. The lowest BCUT2D eigenvalue weighted by atomic mass is 10.1. The standard InChI is InChI=1S/C17H19N5O2S/c1-13-5-2-3-6-14(13)8-9-18-16(23)12-25-17-19-20-21-22(17)11-15-7-4-10-24-15/h2-7,10H,8-9,11-12H2,1H3,(H,18,23). The van der Waals surface area contributed by atoms with Crippen LogP contribution in [0.2, 0.25) is 0 Å². The molecule has 0 unspecified atom stereocenters. The van der Waals surface area contributed by atoms with E-state index in [0.717, 1.165) is 12.2 Å². The summed E-state index contributed by atoms with van der Waals surface area (Å²) in [6.07, 6.45) is 2.42. The summed E-state index contributed by atoms with van der Waals surface area (Å²) in [7, 11) is 0. The summed E-state index contributed by atoms with van der Waals surface area (Å²) < 4.78 is 6.90. The Hall–Kier alpha value is -2.61. The Morgan fingerprint density at radius 1 is 1.28 bits per heavy atom. The molecule has 0 saturated heterocycles. The van der Waals surface area contributed by atoms with Crippen molar-refractivity contribution in [3.8, 4) is 0 Å². The highest BCUT2D eigenvalue weighted by atomic mass is 32.2. The van der Waals surface area contributed by atoms with Gasteiger partial charge in [-0.1, -0.05) is 36.0 Å². The van der Waals surface area contributed by atoms with Gasteiger partial charge >= 0.3 is 0 Å². The molecule has 3 aromatic rings. The van der Waals surface area contributed by atoms with E-state index in [2.05, 4.69) is 39.9 Å². The van der Waals surface area contributed by atoms with E-state index in [0.29, 0.717) is 18.2 Å². The second-order valence-electron chi connectivity index (χ2n) is 5.51. The lowest BCUT2D eigenvalue weighted by Gasteiger charge is -2.07. The van der Waals surface area contributed by atoms with E-state index in [1.54, 1.807) is 10.9 Å². The van der Waals surface area contributed by atoms with E-state index in [9.17, 15) is 4.79 Å². The third kappa shape index (κ3) is 4.93. The average Bonchev–Trinajstić information content (AvgIpc) is 3.27. The summed E-state index contributed by atoms with van der Waals surface area (Å²) in [5.41, 5.74) is 2.49. The van der Waals surface area contributed by atoms with Crippen molar-refractivity contribution in [1.29, 1.82) is 0 Å². The Morgan fingerprint density at radius 2 is 2.16 bits per heavy atom. The fraction of sp³-hybridized carbons (Fsp3) is 0.294. The molecule has 1 N–H and O–H groups in total. The van der Waals surface area contributed by atoms with Gasteiger partial charge in [0.25, 0.3) is 0 Å². The minimum absolute atomic E-state index is 0.0360. The van der Waals surface area contributed by atoms with Crippen LogP contribution in [0.1, 0.15) is 16.9 Å². The van der Waals surface area contributed by atoms with Gasteiger partial charge in [-0.15, -0.1) is 5.10 Å². The third-order valence-corrected chi connectivity index (χ3v) is 4.65. The van der Waals surface area contributed by atoms with Gasteiger partial charge in [-0.25, -0.2) is 4.68 Å². The molecule has 0 radical (unpaired) electrons. The van der Waals surface area contributed by atoms with Crippen LogP contribution in [-0.4, -0.2) is 38.4 Å². The van der Waals surface area contributed by atoms with Crippen LogP contribution >= 0.6 is 11.8 Å². The first-order valence-corrected chi connectivity index (χ1v) is 8.93. The molecule has 130 valence electrons. The first-order valence-electron chi connectivity index (χ1n) is 7.95. The molecule has 7 nitrogen and oxygen atoms in total. The van der Waals surface area contributed by atoms with Crippen molar-refractivity contribution in [2.24, 2.45) is 0 Å². The highest BCUT2D eigenvalue weighted by Gasteiger charge is 2.11. The number of rotatable bonds is 8. The molecule has 0 bridgehead atoms. The van der Waals surface area contributed by atoms with E-state index in [4.69, 9.17) is 4.42 Å². The van der Waals surface area contributed by atoms with Crippen molar-refractivity contribution in [1.82, 2.24) is 25.5 Å². The van der Waals surface area contributed by atoms with Crippen molar-refractivity contribution in [2.75, 3.05) is 12.3 Å². The molecule has 0 aliphatic heterocycles. The Bertz CT molecular complexity index is 816. The molecule has 0 aliphatic rings. The van der Waals surface area contributed by atoms with Gasteiger partial charge < -0.3 is 9.73 Å². The number of thioether (sulfide) groups is 1. The van der Waals surface area contributed by atoms with Gasteiger partial charge in [-0.3, -0.25) is 4.79 Å². The lowest BCUT2D eigenvalue weighted by molar-refractivity contribution is -0.118. The molecule has 0 spiro atoms. The van der Waals surface area contributed by atoms with Gasteiger partial charge in [0.05, 0.1) is 12.0 Å². The van der Waals surface area contributed by atoms with Crippen LogP contribution in [0, 0.1) is 6.92 Å². The SMILES string of the molecule is Cc1ccccc1CCNC(=O)CSc1nnnn1Cc1ccco1. The fourth-order valence-electron chi connectivity index (χ4n) is 2.36. The van der Waals surface area contributed by atoms with Gasteiger partial charge in [0.15, 0.2) is 0 Å². The van der Waals surface area contributed by atoms with E-state index in [-0.39, 0.29) is 11.7 Å². The number of tetrazole rings is 1. The number of carbonyl (C=O) groups is 1. The fourth-order valence-corrected chi connectivity index (χ4v) is 3.06. The molecule has 1 amide bonds. The third-order valence-electron chi connectivity index (χ3n) is 3.69. The second-order valence-corrected chi connectivity index (χ2v) is 6.46. The number of hydrogen-bond acceptors (Lipinski definition) is 6. The highest BCUT2D eigenvalue weighted by molar-refractivity contribution is 7.99. The molecule has 0 fully saturated rings. The van der Waals surface area contributed by atoms with Crippen molar-refractivity contribution in [2.45, 2.75) is 25.0 Å². The Kier molecular flexibility index (Phi) is 5.84. The van der Waals surface area contributed by atoms with Crippen LogP contribution in [0.5, 0.6) is 0 Å². The summed E-state index contributed by atoms with van der Waals surface area (Å²) in [4.78, 5) is 12.0. The second kappa shape index (κ2) is 8.48. The van der Waals surface area contributed by atoms with Crippen molar-refractivity contribution in [3.05, 3.63) is 59.5 Å². The average molecular weight is 357 g/mol. The van der Waals surface area contributed by atoms with E-state index >= 15 is 0 Å². The molecule has 2 heterocycles.